The number of hydrogen-bond donors (Lipinski definition) is 2. The molecule has 0 saturated heterocycles. The summed E-state index contributed by atoms with van der Waals surface area (Å²) in [6, 6.07) is 14.9. The molecule has 0 spiro atoms. The number of para-hydroxylation sites is 1. The van der Waals surface area contributed by atoms with Gasteiger partial charge in [-0.25, -0.2) is 0 Å². The maximum Gasteiger partial charge on any atom is 0.115 e. The van der Waals surface area contributed by atoms with Crippen LogP contribution < -0.4 is 5.73 Å². The number of phenolic OH excluding ortho intramolecular Hbond substituents is 1. The molecule has 0 aliphatic heterocycles. The van der Waals surface area contributed by atoms with Crippen LogP contribution >= 0.6 is 11.8 Å². The molecule has 2 aromatic carbocycles. The van der Waals surface area contributed by atoms with Crippen molar-refractivity contribution < 1.29 is 5.11 Å². The molecular weight excluding hydrogens is 230 g/mol. The summed E-state index contributed by atoms with van der Waals surface area (Å²) in [6.45, 7) is 1.99. The van der Waals surface area contributed by atoms with E-state index in [0.29, 0.717) is 5.75 Å². The third kappa shape index (κ3) is 4.83. The summed E-state index contributed by atoms with van der Waals surface area (Å²) in [4.78, 5) is 1.15. The molecule has 3 N–H and O–H groups in total. The molecule has 3 heteroatoms. The van der Waals surface area contributed by atoms with Crippen molar-refractivity contribution in [2.75, 3.05) is 12.0 Å². The summed E-state index contributed by atoms with van der Waals surface area (Å²) in [5, 5.41) is 8.76. The Hall–Kier alpha value is -1.61. The molecule has 0 aliphatic rings. The lowest BCUT2D eigenvalue weighted by Gasteiger charge is -1.97. The smallest absolute Gasteiger partial charge is 0.115 e. The quantitative estimate of drug-likeness (QED) is 0.596. The molecular formula is C14H17NOS. The van der Waals surface area contributed by atoms with E-state index < -0.39 is 0 Å². The molecule has 0 heterocycles. The Morgan fingerprint density at radius 2 is 1.59 bits per heavy atom. The van der Waals surface area contributed by atoms with E-state index in [0.717, 1.165) is 10.6 Å². The summed E-state index contributed by atoms with van der Waals surface area (Å²) >= 11 is 1.67. The minimum Gasteiger partial charge on any atom is -0.508 e. The molecule has 2 aromatic rings. The van der Waals surface area contributed by atoms with Crippen molar-refractivity contribution in [2.24, 2.45) is 0 Å². The van der Waals surface area contributed by atoms with Gasteiger partial charge < -0.3 is 10.8 Å². The molecule has 90 valence electrons. The van der Waals surface area contributed by atoms with Gasteiger partial charge in [0, 0.05) is 10.6 Å². The van der Waals surface area contributed by atoms with Gasteiger partial charge in [-0.2, -0.15) is 0 Å². The van der Waals surface area contributed by atoms with Gasteiger partial charge in [-0.3, -0.25) is 0 Å². The van der Waals surface area contributed by atoms with Crippen LogP contribution in [-0.4, -0.2) is 11.4 Å². The minimum atomic E-state index is 0.329. The Morgan fingerprint density at radius 1 is 1.00 bits per heavy atom. The number of aryl methyl sites for hydroxylation is 1. The van der Waals surface area contributed by atoms with Crippen LogP contribution in [0.15, 0.2) is 53.4 Å². The van der Waals surface area contributed by atoms with Gasteiger partial charge in [-0.1, -0.05) is 29.8 Å². The van der Waals surface area contributed by atoms with E-state index in [1.165, 1.54) is 5.56 Å². The standard InChI is InChI=1S/C7H9NS.C7H8O/c1-9-7-5-3-2-4-6(7)8;1-6-2-4-7(8)5-3-6/h2-5H,8H2,1H3;2-5,8H,1H3. The third-order valence-corrected chi connectivity index (χ3v) is 2.98. The molecule has 17 heavy (non-hydrogen) atoms. The van der Waals surface area contributed by atoms with Crippen molar-refractivity contribution in [1.29, 1.82) is 0 Å². The first-order valence-electron chi connectivity index (χ1n) is 5.27. The predicted molar refractivity (Wildman–Crippen MR) is 75.5 cm³/mol. The first kappa shape index (κ1) is 13.5. The van der Waals surface area contributed by atoms with Crippen LogP contribution in [0.3, 0.4) is 0 Å². The molecule has 0 atom stereocenters. The summed E-state index contributed by atoms with van der Waals surface area (Å²) in [5.41, 5.74) is 7.65. The van der Waals surface area contributed by atoms with Crippen LogP contribution in [0.25, 0.3) is 0 Å². The second-order valence-corrected chi connectivity index (χ2v) is 4.43. The van der Waals surface area contributed by atoms with Gasteiger partial charge >= 0.3 is 0 Å². The fourth-order valence-electron chi connectivity index (χ4n) is 1.21. The number of phenols is 1. The number of aromatic hydroxyl groups is 1. The molecule has 2 nitrogen and oxygen atoms in total. The molecule has 0 fully saturated rings. The SMILES string of the molecule is CSc1ccccc1N.Cc1ccc(O)cc1. The first-order chi connectivity index (χ1) is 8.13. The second-order valence-electron chi connectivity index (χ2n) is 3.58. The van der Waals surface area contributed by atoms with E-state index in [1.807, 2.05) is 49.6 Å². The Bertz CT molecular complexity index is 433. The van der Waals surface area contributed by atoms with E-state index in [1.54, 1.807) is 23.9 Å². The van der Waals surface area contributed by atoms with Crippen molar-refractivity contribution in [3.8, 4) is 5.75 Å². The number of thioether (sulfide) groups is 1. The molecule has 0 aliphatic carbocycles. The average Bonchev–Trinajstić information content (AvgIpc) is 2.34. The Labute approximate surface area is 106 Å². The highest BCUT2D eigenvalue weighted by atomic mass is 32.2. The van der Waals surface area contributed by atoms with E-state index in [4.69, 9.17) is 10.8 Å². The zero-order valence-electron chi connectivity index (χ0n) is 10.1. The van der Waals surface area contributed by atoms with Crippen LogP contribution in [0.4, 0.5) is 5.69 Å². The average molecular weight is 247 g/mol. The predicted octanol–water partition coefficient (Wildman–Crippen LogP) is 3.69. The van der Waals surface area contributed by atoms with E-state index in [2.05, 4.69) is 0 Å². The van der Waals surface area contributed by atoms with Gasteiger partial charge in [0.15, 0.2) is 0 Å². The van der Waals surface area contributed by atoms with Crippen molar-refractivity contribution in [2.45, 2.75) is 11.8 Å². The summed E-state index contributed by atoms with van der Waals surface area (Å²) < 4.78 is 0. The van der Waals surface area contributed by atoms with Crippen LogP contribution in [0, 0.1) is 6.92 Å². The van der Waals surface area contributed by atoms with Gasteiger partial charge in [-0.05, 0) is 37.4 Å². The lowest BCUT2D eigenvalue weighted by Crippen LogP contribution is -1.85. The first-order valence-corrected chi connectivity index (χ1v) is 6.50. The van der Waals surface area contributed by atoms with Gasteiger partial charge in [0.2, 0.25) is 0 Å². The van der Waals surface area contributed by atoms with Gasteiger partial charge in [0.1, 0.15) is 5.75 Å². The number of benzene rings is 2. The summed E-state index contributed by atoms with van der Waals surface area (Å²) in [5.74, 6) is 0.329. The number of nitrogens with two attached hydrogens (primary N) is 1. The second kappa shape index (κ2) is 6.86. The van der Waals surface area contributed by atoms with E-state index in [-0.39, 0.29) is 0 Å². The van der Waals surface area contributed by atoms with Crippen LogP contribution in [0.1, 0.15) is 5.56 Å². The molecule has 0 saturated carbocycles. The molecule has 0 bridgehead atoms. The number of nitrogen functional groups attached to an aromatic ring is 1. The van der Waals surface area contributed by atoms with Crippen LogP contribution in [0.5, 0.6) is 5.75 Å². The van der Waals surface area contributed by atoms with Crippen molar-refractivity contribution in [1.82, 2.24) is 0 Å². The Kier molecular flexibility index (Phi) is 5.43. The lowest BCUT2D eigenvalue weighted by atomic mass is 10.2. The van der Waals surface area contributed by atoms with Crippen LogP contribution in [-0.2, 0) is 0 Å². The van der Waals surface area contributed by atoms with Crippen molar-refractivity contribution in [3.05, 3.63) is 54.1 Å². The molecule has 0 aromatic heterocycles. The zero-order valence-corrected chi connectivity index (χ0v) is 10.9. The maximum absolute atomic E-state index is 8.76. The highest BCUT2D eigenvalue weighted by Crippen LogP contribution is 2.20. The van der Waals surface area contributed by atoms with Crippen molar-refractivity contribution in [3.63, 3.8) is 0 Å². The summed E-state index contributed by atoms with van der Waals surface area (Å²) in [7, 11) is 0. The van der Waals surface area contributed by atoms with E-state index in [9.17, 15) is 0 Å². The van der Waals surface area contributed by atoms with E-state index >= 15 is 0 Å². The highest BCUT2D eigenvalue weighted by Gasteiger charge is 1.91. The maximum atomic E-state index is 8.76. The van der Waals surface area contributed by atoms with Gasteiger partial charge in [0.05, 0.1) is 0 Å². The molecule has 0 amide bonds. The third-order valence-electron chi connectivity index (χ3n) is 2.17. The van der Waals surface area contributed by atoms with Crippen molar-refractivity contribution >= 4 is 17.4 Å². The van der Waals surface area contributed by atoms with Gasteiger partial charge in [0.25, 0.3) is 0 Å². The fourth-order valence-corrected chi connectivity index (χ4v) is 1.73. The number of hydrogen-bond acceptors (Lipinski definition) is 3. The van der Waals surface area contributed by atoms with Gasteiger partial charge in [-0.15, -0.1) is 11.8 Å². The summed E-state index contributed by atoms with van der Waals surface area (Å²) in [6.07, 6.45) is 2.02. The van der Waals surface area contributed by atoms with Crippen LogP contribution in [0.2, 0.25) is 0 Å². The topological polar surface area (TPSA) is 46.2 Å². The lowest BCUT2D eigenvalue weighted by molar-refractivity contribution is 0.475. The molecule has 2 rings (SSSR count). The molecule has 0 unspecified atom stereocenters. The monoisotopic (exact) mass is 247 g/mol. The highest BCUT2D eigenvalue weighted by molar-refractivity contribution is 7.98. The Morgan fingerprint density at radius 3 is 2.00 bits per heavy atom. The number of anilines is 1. The normalized spacial score (nSPS) is 9.29. The fraction of sp³-hybridized carbons (Fsp3) is 0.143. The zero-order chi connectivity index (χ0) is 12.7. The largest absolute Gasteiger partial charge is 0.508 e. The number of rotatable bonds is 1. The Balaban J connectivity index is 0.000000171. The minimum absolute atomic E-state index is 0.329. The molecule has 0 radical (unpaired) electrons.